The molecule has 4 atom stereocenters. The molecule has 0 bridgehead atoms. The topological polar surface area (TPSA) is 131 Å². The van der Waals surface area contributed by atoms with Gasteiger partial charge in [-0.15, -0.1) is 0 Å². The molecule has 1 aliphatic rings. The van der Waals surface area contributed by atoms with Gasteiger partial charge in [0.1, 0.15) is 12.2 Å². The van der Waals surface area contributed by atoms with Crippen LogP contribution in [0.15, 0.2) is 0 Å². The molecule has 0 aromatic carbocycles. The van der Waals surface area contributed by atoms with Gasteiger partial charge in [-0.05, 0) is 0 Å². The molecule has 1 saturated heterocycles. The predicted octanol–water partition coefficient (Wildman–Crippen LogP) is -3.90. The molecule has 6 N–H and O–H groups in total. The van der Waals surface area contributed by atoms with Gasteiger partial charge in [-0.1, -0.05) is 0 Å². The molecule has 1 unspecified atom stereocenters. The van der Waals surface area contributed by atoms with E-state index in [2.05, 4.69) is 4.74 Å². The molecule has 0 aliphatic carbocycles. The van der Waals surface area contributed by atoms with Crippen LogP contribution in [0.2, 0.25) is 0 Å². The van der Waals surface area contributed by atoms with Crippen molar-refractivity contribution in [2.24, 2.45) is 0 Å². The summed E-state index contributed by atoms with van der Waals surface area (Å²) in [4.78, 5) is 0. The quantitative estimate of drug-likeness (QED) is 0.236. The van der Waals surface area contributed by atoms with E-state index in [-0.39, 0.29) is 0 Å². The third-order valence-corrected chi connectivity index (χ3v) is 1.99. The van der Waals surface area contributed by atoms with Crippen molar-refractivity contribution >= 4 is 0 Å². The SMILES string of the molecule is OCC1O[C@H](O)[C@@H](O)C(O)(O)[C@@H]1O. The van der Waals surface area contributed by atoms with E-state index in [4.69, 9.17) is 30.6 Å². The van der Waals surface area contributed by atoms with Crippen molar-refractivity contribution in [2.45, 2.75) is 30.4 Å². The summed E-state index contributed by atoms with van der Waals surface area (Å²) in [7, 11) is 0. The fourth-order valence-electron chi connectivity index (χ4n) is 1.13. The van der Waals surface area contributed by atoms with E-state index in [1.165, 1.54) is 0 Å². The Morgan fingerprint density at radius 3 is 2.08 bits per heavy atom. The second-order valence-corrected chi connectivity index (χ2v) is 2.92. The largest absolute Gasteiger partial charge is 0.394 e. The summed E-state index contributed by atoms with van der Waals surface area (Å²) in [5.41, 5.74) is 0. The van der Waals surface area contributed by atoms with Crippen LogP contribution in [0.4, 0.5) is 0 Å². The second kappa shape index (κ2) is 3.46. The van der Waals surface area contributed by atoms with Gasteiger partial charge >= 0.3 is 0 Å². The smallest absolute Gasteiger partial charge is 0.224 e. The molecule has 7 nitrogen and oxygen atoms in total. The summed E-state index contributed by atoms with van der Waals surface area (Å²) in [6, 6.07) is 0. The molecule has 0 aromatic rings. The fourth-order valence-corrected chi connectivity index (χ4v) is 1.13. The third-order valence-electron chi connectivity index (χ3n) is 1.99. The molecule has 0 radical (unpaired) electrons. The maximum Gasteiger partial charge on any atom is 0.224 e. The molecular weight excluding hydrogens is 184 g/mol. The fraction of sp³-hybridized carbons (Fsp3) is 1.00. The van der Waals surface area contributed by atoms with Crippen molar-refractivity contribution in [2.75, 3.05) is 6.61 Å². The maximum absolute atomic E-state index is 9.13. The van der Waals surface area contributed by atoms with Crippen LogP contribution in [0.25, 0.3) is 0 Å². The van der Waals surface area contributed by atoms with Gasteiger partial charge in [0.05, 0.1) is 6.61 Å². The van der Waals surface area contributed by atoms with E-state index in [1.807, 2.05) is 0 Å². The Morgan fingerprint density at radius 1 is 1.08 bits per heavy atom. The first-order valence-corrected chi connectivity index (χ1v) is 3.66. The van der Waals surface area contributed by atoms with Crippen LogP contribution >= 0.6 is 0 Å². The second-order valence-electron chi connectivity index (χ2n) is 2.92. The van der Waals surface area contributed by atoms with Gasteiger partial charge in [0.25, 0.3) is 0 Å². The lowest BCUT2D eigenvalue weighted by Crippen LogP contribution is -2.67. The highest BCUT2D eigenvalue weighted by atomic mass is 16.7. The molecule has 0 saturated carbocycles. The summed E-state index contributed by atoms with van der Waals surface area (Å²) in [5, 5.41) is 53.8. The number of hydrogen-bond donors (Lipinski definition) is 6. The van der Waals surface area contributed by atoms with Crippen molar-refractivity contribution in [1.29, 1.82) is 0 Å². The zero-order chi connectivity index (χ0) is 10.2. The van der Waals surface area contributed by atoms with E-state index < -0.39 is 37.0 Å². The Bertz CT molecular complexity index is 182. The molecule has 0 amide bonds. The van der Waals surface area contributed by atoms with Crippen LogP contribution in [-0.2, 0) is 4.74 Å². The zero-order valence-corrected chi connectivity index (χ0v) is 6.61. The lowest BCUT2D eigenvalue weighted by Gasteiger charge is -2.42. The predicted molar refractivity (Wildman–Crippen MR) is 37.1 cm³/mol. The third kappa shape index (κ3) is 1.67. The number of ether oxygens (including phenoxy) is 1. The molecular formula is C6H12O7. The summed E-state index contributed by atoms with van der Waals surface area (Å²) in [6.07, 6.45) is -7.11. The first kappa shape index (κ1) is 10.8. The molecule has 7 heteroatoms. The Labute approximate surface area is 73.4 Å². The van der Waals surface area contributed by atoms with Gasteiger partial charge in [0.15, 0.2) is 12.4 Å². The Balaban J connectivity index is 2.82. The number of aliphatic hydroxyl groups is 6. The van der Waals surface area contributed by atoms with Gasteiger partial charge in [-0.25, -0.2) is 0 Å². The van der Waals surface area contributed by atoms with Crippen LogP contribution in [0.3, 0.4) is 0 Å². The van der Waals surface area contributed by atoms with Crippen LogP contribution < -0.4 is 0 Å². The summed E-state index contributed by atoms with van der Waals surface area (Å²) in [5.74, 6) is -2.88. The Hall–Kier alpha value is -0.280. The van der Waals surface area contributed by atoms with Crippen molar-refractivity contribution in [3.8, 4) is 0 Å². The van der Waals surface area contributed by atoms with Gasteiger partial charge < -0.3 is 35.4 Å². The minimum atomic E-state index is -2.88. The van der Waals surface area contributed by atoms with Crippen molar-refractivity contribution < 1.29 is 35.4 Å². The normalized spacial score (nSPS) is 44.8. The maximum atomic E-state index is 9.13. The first-order valence-electron chi connectivity index (χ1n) is 3.66. The standard InChI is InChI=1S/C6H12O7/c7-1-2-3(8)6(11,12)4(9)5(10)13-2/h2-5,7-12H,1H2/t2?,3-,4-,5+/m1/s1. The number of rotatable bonds is 1. The van der Waals surface area contributed by atoms with Crippen LogP contribution in [0.1, 0.15) is 0 Å². The van der Waals surface area contributed by atoms with Gasteiger partial charge in [0, 0.05) is 0 Å². The molecule has 78 valence electrons. The minimum Gasteiger partial charge on any atom is -0.394 e. The van der Waals surface area contributed by atoms with E-state index in [0.29, 0.717) is 0 Å². The van der Waals surface area contributed by atoms with Crippen molar-refractivity contribution in [3.05, 3.63) is 0 Å². The lowest BCUT2D eigenvalue weighted by atomic mass is 9.95. The highest BCUT2D eigenvalue weighted by molar-refractivity contribution is 4.93. The lowest BCUT2D eigenvalue weighted by molar-refractivity contribution is -0.381. The minimum absolute atomic E-state index is 0.701. The summed E-state index contributed by atoms with van der Waals surface area (Å²) < 4.78 is 4.48. The number of hydrogen-bond acceptors (Lipinski definition) is 7. The van der Waals surface area contributed by atoms with Crippen LogP contribution in [0.5, 0.6) is 0 Å². The van der Waals surface area contributed by atoms with E-state index in [1.54, 1.807) is 0 Å². The average Bonchev–Trinajstić information content (AvgIpc) is 2.09. The molecule has 1 aliphatic heterocycles. The Morgan fingerprint density at radius 2 is 1.62 bits per heavy atom. The molecule has 1 heterocycles. The first-order chi connectivity index (χ1) is 5.91. The van der Waals surface area contributed by atoms with Crippen LogP contribution in [-0.4, -0.2) is 67.6 Å². The van der Waals surface area contributed by atoms with Gasteiger partial charge in [-0.2, -0.15) is 0 Å². The van der Waals surface area contributed by atoms with E-state index in [9.17, 15) is 0 Å². The number of aliphatic hydroxyl groups excluding tert-OH is 4. The molecule has 1 fully saturated rings. The Kier molecular flexibility index (Phi) is 2.88. The van der Waals surface area contributed by atoms with Crippen molar-refractivity contribution in [1.82, 2.24) is 0 Å². The molecule has 0 aromatic heterocycles. The van der Waals surface area contributed by atoms with E-state index in [0.717, 1.165) is 0 Å². The van der Waals surface area contributed by atoms with Gasteiger partial charge in [0.2, 0.25) is 5.79 Å². The molecule has 0 spiro atoms. The zero-order valence-electron chi connectivity index (χ0n) is 6.61. The highest BCUT2D eigenvalue weighted by Crippen LogP contribution is 2.26. The molecule has 13 heavy (non-hydrogen) atoms. The van der Waals surface area contributed by atoms with Gasteiger partial charge in [-0.3, -0.25) is 0 Å². The average molecular weight is 196 g/mol. The van der Waals surface area contributed by atoms with E-state index >= 15 is 0 Å². The summed E-state index contributed by atoms with van der Waals surface area (Å²) in [6.45, 7) is -0.701. The monoisotopic (exact) mass is 196 g/mol. The highest BCUT2D eigenvalue weighted by Gasteiger charge is 2.53. The molecule has 1 rings (SSSR count). The van der Waals surface area contributed by atoms with Crippen molar-refractivity contribution in [3.63, 3.8) is 0 Å². The summed E-state index contributed by atoms with van der Waals surface area (Å²) >= 11 is 0. The van der Waals surface area contributed by atoms with Crippen LogP contribution in [0, 0.1) is 0 Å².